The first-order chi connectivity index (χ1) is 15.8. The third-order valence-electron chi connectivity index (χ3n) is 5.67. The number of nitrogens with zero attached hydrogens (tertiary/aromatic N) is 1. The minimum atomic E-state index is -4.81. The molecule has 8 heteroatoms. The van der Waals surface area contributed by atoms with Crippen LogP contribution in [0.2, 0.25) is 0 Å². The molecular weight excluding hydrogens is 436 g/mol. The molecule has 0 unspecified atom stereocenters. The third-order valence-corrected chi connectivity index (χ3v) is 5.67. The zero-order chi connectivity index (χ0) is 23.3. The Kier molecular flexibility index (Phi) is 4.74. The van der Waals surface area contributed by atoms with Gasteiger partial charge in [0.2, 0.25) is 5.91 Å². The topological polar surface area (TPSA) is 61.2 Å². The van der Waals surface area contributed by atoms with E-state index in [1.165, 1.54) is 18.4 Å². The molecule has 4 nitrogen and oxygen atoms in total. The van der Waals surface area contributed by atoms with Crippen LogP contribution in [0.1, 0.15) is 21.5 Å². The summed E-state index contributed by atoms with van der Waals surface area (Å²) in [4.78, 5) is 12.1. The van der Waals surface area contributed by atoms with Crippen molar-refractivity contribution in [2.75, 3.05) is 0 Å². The van der Waals surface area contributed by atoms with E-state index in [9.17, 15) is 22.4 Å². The smallest absolute Gasteiger partial charge is 0.419 e. The van der Waals surface area contributed by atoms with Crippen LogP contribution >= 0.6 is 0 Å². The van der Waals surface area contributed by atoms with Crippen LogP contribution in [0.25, 0.3) is 33.1 Å². The van der Waals surface area contributed by atoms with E-state index in [0.29, 0.717) is 33.6 Å². The number of amides is 1. The number of alkyl halides is 3. The van der Waals surface area contributed by atoms with Gasteiger partial charge in [-0.05, 0) is 36.4 Å². The molecule has 166 valence electrons. The van der Waals surface area contributed by atoms with Gasteiger partial charge in [0, 0.05) is 27.5 Å². The fourth-order valence-corrected chi connectivity index (χ4v) is 4.21. The van der Waals surface area contributed by atoms with Gasteiger partial charge in [-0.3, -0.25) is 4.79 Å². The largest absolute Gasteiger partial charge is 0.464 e. The molecule has 2 N–H and O–H groups in total. The van der Waals surface area contributed by atoms with Crippen LogP contribution < -0.4 is 5.73 Å². The van der Waals surface area contributed by atoms with Gasteiger partial charge >= 0.3 is 6.18 Å². The quantitative estimate of drug-likeness (QED) is 0.323. The number of furan rings is 1. The highest BCUT2D eigenvalue weighted by Crippen LogP contribution is 2.37. The van der Waals surface area contributed by atoms with Crippen molar-refractivity contribution in [2.45, 2.75) is 12.7 Å². The minimum Gasteiger partial charge on any atom is -0.464 e. The number of carbonyl (C=O) groups excluding carboxylic acids is 1. The van der Waals surface area contributed by atoms with E-state index in [2.05, 4.69) is 0 Å². The maximum atomic E-state index is 14.8. The van der Waals surface area contributed by atoms with E-state index < -0.39 is 23.5 Å². The van der Waals surface area contributed by atoms with Crippen molar-refractivity contribution < 1.29 is 26.8 Å². The second kappa shape index (κ2) is 7.51. The molecule has 5 aromatic rings. The molecule has 2 aromatic heterocycles. The Bertz CT molecular complexity index is 1520. The summed E-state index contributed by atoms with van der Waals surface area (Å²) in [5.41, 5.74) is 6.28. The van der Waals surface area contributed by atoms with Gasteiger partial charge in [-0.25, -0.2) is 4.39 Å². The molecule has 0 aliphatic heterocycles. The maximum Gasteiger partial charge on any atom is 0.419 e. The first-order valence-corrected chi connectivity index (χ1v) is 9.99. The average molecular weight is 452 g/mol. The van der Waals surface area contributed by atoms with E-state index in [-0.39, 0.29) is 17.7 Å². The number of primary amides is 1. The van der Waals surface area contributed by atoms with Crippen molar-refractivity contribution in [2.24, 2.45) is 5.73 Å². The molecule has 0 radical (unpaired) electrons. The second-order valence-electron chi connectivity index (χ2n) is 7.64. The molecule has 0 aliphatic carbocycles. The number of nitrogens with two attached hydrogens (primary N) is 1. The van der Waals surface area contributed by atoms with E-state index in [1.807, 2.05) is 6.07 Å². The lowest BCUT2D eigenvalue weighted by atomic mass is 10.0. The molecule has 2 heterocycles. The van der Waals surface area contributed by atoms with Crippen molar-refractivity contribution in [1.82, 2.24) is 4.57 Å². The standard InChI is InChI=1S/C25H16F4N2O2/c26-23-15(4-1-6-18(23)25(27,28)29)13-31-19-7-2-5-17(24(30)32)22(19)16-10-9-14(12-20(16)31)21-8-3-11-33-21/h1-12H,13H2,(H2,30,32). The number of rotatable bonds is 4. The number of hydrogen-bond acceptors (Lipinski definition) is 2. The Morgan fingerprint density at radius 2 is 1.76 bits per heavy atom. The molecule has 3 aromatic carbocycles. The summed E-state index contributed by atoms with van der Waals surface area (Å²) in [6, 6.07) is 17.1. The van der Waals surface area contributed by atoms with Crippen LogP contribution in [0, 0.1) is 5.82 Å². The summed E-state index contributed by atoms with van der Waals surface area (Å²) < 4.78 is 61.8. The normalized spacial score (nSPS) is 12.0. The second-order valence-corrected chi connectivity index (χ2v) is 7.64. The Morgan fingerprint density at radius 3 is 2.45 bits per heavy atom. The molecule has 33 heavy (non-hydrogen) atoms. The number of hydrogen-bond donors (Lipinski definition) is 1. The molecule has 0 bridgehead atoms. The SMILES string of the molecule is NC(=O)c1cccc2c1c1ccc(-c3ccco3)cc1n2Cc1cccc(C(F)(F)F)c1F. The molecule has 0 saturated carbocycles. The number of fused-ring (bicyclic) bond motifs is 3. The van der Waals surface area contributed by atoms with Crippen molar-refractivity contribution >= 4 is 27.7 Å². The van der Waals surface area contributed by atoms with Crippen LogP contribution in [0.4, 0.5) is 17.6 Å². The van der Waals surface area contributed by atoms with Crippen LogP contribution in [0.15, 0.2) is 77.4 Å². The van der Waals surface area contributed by atoms with Gasteiger partial charge in [-0.15, -0.1) is 0 Å². The highest BCUT2D eigenvalue weighted by molar-refractivity contribution is 6.18. The number of aromatic nitrogens is 1. The minimum absolute atomic E-state index is 0.128. The van der Waals surface area contributed by atoms with E-state index in [0.717, 1.165) is 5.56 Å². The third kappa shape index (κ3) is 3.44. The van der Waals surface area contributed by atoms with Gasteiger partial charge in [0.15, 0.2) is 0 Å². The zero-order valence-electron chi connectivity index (χ0n) is 17.0. The highest BCUT2D eigenvalue weighted by atomic mass is 19.4. The predicted octanol–water partition coefficient (Wildman–Crippen LogP) is 6.36. The molecule has 5 rings (SSSR count). The van der Waals surface area contributed by atoms with E-state index in [1.54, 1.807) is 47.0 Å². The Morgan fingerprint density at radius 1 is 0.970 bits per heavy atom. The average Bonchev–Trinajstić information content (AvgIpc) is 3.41. The van der Waals surface area contributed by atoms with Gasteiger partial charge in [0.05, 0.1) is 29.4 Å². The summed E-state index contributed by atoms with van der Waals surface area (Å²) in [5, 5.41) is 1.22. The first kappa shape index (κ1) is 20.8. The lowest BCUT2D eigenvalue weighted by molar-refractivity contribution is -0.140. The van der Waals surface area contributed by atoms with Crippen LogP contribution in [-0.2, 0) is 12.7 Å². The van der Waals surface area contributed by atoms with Crippen LogP contribution in [0.5, 0.6) is 0 Å². The summed E-state index contributed by atoms with van der Waals surface area (Å²) in [7, 11) is 0. The van der Waals surface area contributed by atoms with E-state index in [4.69, 9.17) is 10.2 Å². The number of benzene rings is 3. The highest BCUT2D eigenvalue weighted by Gasteiger charge is 2.35. The summed E-state index contributed by atoms with van der Waals surface area (Å²) in [5.74, 6) is -1.37. The molecule has 0 saturated heterocycles. The lowest BCUT2D eigenvalue weighted by Crippen LogP contribution is -2.12. The molecule has 1 amide bonds. The van der Waals surface area contributed by atoms with Crippen molar-refractivity contribution in [3.05, 3.63) is 95.5 Å². The first-order valence-electron chi connectivity index (χ1n) is 9.99. The van der Waals surface area contributed by atoms with E-state index >= 15 is 0 Å². The Balaban J connectivity index is 1.79. The van der Waals surface area contributed by atoms with Crippen molar-refractivity contribution in [1.29, 1.82) is 0 Å². The molecule has 0 atom stereocenters. The fraction of sp³-hybridized carbons (Fsp3) is 0.0800. The van der Waals surface area contributed by atoms with Crippen LogP contribution in [0.3, 0.4) is 0 Å². The summed E-state index contributed by atoms with van der Waals surface area (Å²) >= 11 is 0. The predicted molar refractivity (Wildman–Crippen MR) is 116 cm³/mol. The lowest BCUT2D eigenvalue weighted by Gasteiger charge is -2.13. The zero-order valence-corrected chi connectivity index (χ0v) is 17.0. The summed E-state index contributed by atoms with van der Waals surface area (Å²) in [6.45, 7) is -0.181. The van der Waals surface area contributed by atoms with Crippen molar-refractivity contribution in [3.63, 3.8) is 0 Å². The van der Waals surface area contributed by atoms with Crippen molar-refractivity contribution in [3.8, 4) is 11.3 Å². The Hall–Kier alpha value is -4.07. The van der Waals surface area contributed by atoms with Gasteiger partial charge in [0.1, 0.15) is 11.6 Å². The van der Waals surface area contributed by atoms with Crippen LogP contribution in [-0.4, -0.2) is 10.5 Å². The number of carbonyl (C=O) groups is 1. The Labute approximate surface area is 184 Å². The summed E-state index contributed by atoms with van der Waals surface area (Å²) in [6.07, 6.45) is -3.29. The van der Waals surface area contributed by atoms with Gasteiger partial charge < -0.3 is 14.7 Å². The monoisotopic (exact) mass is 452 g/mol. The fourth-order valence-electron chi connectivity index (χ4n) is 4.21. The number of halogens is 4. The molecule has 0 fully saturated rings. The molecule has 0 aliphatic rings. The molecule has 0 spiro atoms. The maximum absolute atomic E-state index is 14.8. The van der Waals surface area contributed by atoms with Gasteiger partial charge in [-0.2, -0.15) is 13.2 Å². The van der Waals surface area contributed by atoms with Gasteiger partial charge in [-0.1, -0.05) is 30.3 Å². The van der Waals surface area contributed by atoms with Gasteiger partial charge in [0.25, 0.3) is 0 Å². The molecular formula is C25H16F4N2O2.